The van der Waals surface area contributed by atoms with Gasteiger partial charge in [-0.2, -0.15) is 0 Å². The van der Waals surface area contributed by atoms with E-state index in [-0.39, 0.29) is 22.6 Å². The van der Waals surface area contributed by atoms with E-state index in [1.807, 2.05) is 6.08 Å². The Labute approximate surface area is 148 Å². The molecule has 0 radical (unpaired) electrons. The zero-order chi connectivity index (χ0) is 17.8. The van der Waals surface area contributed by atoms with E-state index in [9.17, 15) is 14.4 Å². The van der Waals surface area contributed by atoms with Crippen molar-refractivity contribution < 1.29 is 19.1 Å². The fourth-order valence-electron chi connectivity index (χ4n) is 6.25. The second-order valence-corrected chi connectivity index (χ2v) is 8.56. The summed E-state index contributed by atoms with van der Waals surface area (Å²) in [6, 6.07) is 0. The lowest BCUT2D eigenvalue weighted by Gasteiger charge is -2.56. The molecule has 4 rings (SSSR count). The summed E-state index contributed by atoms with van der Waals surface area (Å²) in [5.41, 5.74) is 0.602. The van der Waals surface area contributed by atoms with Crippen molar-refractivity contribution >= 4 is 17.5 Å². The molecule has 3 fully saturated rings. The predicted octanol–water partition coefficient (Wildman–Crippen LogP) is 3.41. The lowest BCUT2D eigenvalue weighted by molar-refractivity contribution is -0.146. The van der Waals surface area contributed by atoms with Gasteiger partial charge in [0.2, 0.25) is 0 Å². The third-order valence-corrected chi connectivity index (χ3v) is 7.53. The van der Waals surface area contributed by atoms with Crippen LogP contribution in [0.4, 0.5) is 0 Å². The highest BCUT2D eigenvalue weighted by Gasteiger charge is 2.59. The number of esters is 1. The molecule has 0 aromatic heterocycles. The van der Waals surface area contributed by atoms with Crippen LogP contribution in [0.15, 0.2) is 23.8 Å². The second-order valence-electron chi connectivity index (χ2n) is 8.56. The number of hydrogen-bond donors (Lipinski definition) is 0. The Hall–Kier alpha value is -1.71. The van der Waals surface area contributed by atoms with Crippen molar-refractivity contribution in [1.82, 2.24) is 0 Å². The van der Waals surface area contributed by atoms with E-state index in [4.69, 9.17) is 4.74 Å². The summed E-state index contributed by atoms with van der Waals surface area (Å²) in [5.74, 6) is 1.43. The van der Waals surface area contributed by atoms with E-state index < -0.39 is 0 Å². The van der Waals surface area contributed by atoms with Crippen LogP contribution in [0.5, 0.6) is 0 Å². The molecule has 4 heteroatoms. The molecule has 4 nitrogen and oxygen atoms in total. The molecule has 0 amide bonds. The summed E-state index contributed by atoms with van der Waals surface area (Å²) in [6.07, 6.45) is 10.9. The van der Waals surface area contributed by atoms with Crippen LogP contribution < -0.4 is 0 Å². The molecular formula is C21H26O4. The summed E-state index contributed by atoms with van der Waals surface area (Å²) < 4.78 is 5.47. The van der Waals surface area contributed by atoms with Crippen LogP contribution in [0.2, 0.25) is 0 Å². The summed E-state index contributed by atoms with van der Waals surface area (Å²) in [5, 5.41) is 0. The zero-order valence-electron chi connectivity index (χ0n) is 15.0. The Morgan fingerprint density at radius 2 is 2.00 bits per heavy atom. The lowest BCUT2D eigenvalue weighted by Crippen LogP contribution is -2.52. The summed E-state index contributed by atoms with van der Waals surface area (Å²) in [7, 11) is 0. The highest BCUT2D eigenvalue weighted by atomic mass is 16.5. The topological polar surface area (TPSA) is 60.4 Å². The quantitative estimate of drug-likeness (QED) is 0.722. The predicted molar refractivity (Wildman–Crippen MR) is 92.6 cm³/mol. The first-order valence-electron chi connectivity index (χ1n) is 9.48. The highest BCUT2D eigenvalue weighted by molar-refractivity contribution is 6.01. The monoisotopic (exact) mass is 342 g/mol. The Bertz CT molecular complexity index is 703. The fourth-order valence-corrected chi connectivity index (χ4v) is 6.25. The SMILES string of the molecule is CC(=O)OC[C@]12C=CC(=O)C=C1CC[C@H]1[C@@H]3CCC(=O)[C@@]3(C)CC[C@@H]12. The minimum atomic E-state index is -0.352. The number of allylic oxidation sites excluding steroid dienone is 2. The minimum absolute atomic E-state index is 0.0311. The number of ketones is 2. The molecule has 5 atom stereocenters. The van der Waals surface area contributed by atoms with Crippen LogP contribution in [0.1, 0.15) is 52.4 Å². The van der Waals surface area contributed by atoms with E-state index in [0.717, 1.165) is 37.7 Å². The van der Waals surface area contributed by atoms with Crippen molar-refractivity contribution in [3.05, 3.63) is 23.8 Å². The molecular weight excluding hydrogens is 316 g/mol. The van der Waals surface area contributed by atoms with Crippen LogP contribution in [-0.4, -0.2) is 24.1 Å². The number of carbonyl (C=O) groups excluding carboxylic acids is 3. The van der Waals surface area contributed by atoms with Crippen LogP contribution >= 0.6 is 0 Å². The van der Waals surface area contributed by atoms with Gasteiger partial charge in [-0.05, 0) is 62.0 Å². The number of ether oxygens (including phenoxy) is 1. The van der Waals surface area contributed by atoms with Crippen molar-refractivity contribution in [2.75, 3.05) is 6.61 Å². The molecule has 0 aromatic carbocycles. The van der Waals surface area contributed by atoms with Gasteiger partial charge in [0.05, 0.1) is 0 Å². The maximum absolute atomic E-state index is 12.5. The van der Waals surface area contributed by atoms with Crippen LogP contribution in [0, 0.1) is 28.6 Å². The molecule has 0 heterocycles. The van der Waals surface area contributed by atoms with Gasteiger partial charge in [0.1, 0.15) is 12.4 Å². The molecule has 0 N–H and O–H groups in total. The molecule has 0 unspecified atom stereocenters. The highest BCUT2D eigenvalue weighted by Crippen LogP contribution is 2.63. The third-order valence-electron chi connectivity index (χ3n) is 7.53. The first kappa shape index (κ1) is 16.7. The average molecular weight is 342 g/mol. The van der Waals surface area contributed by atoms with E-state index in [1.165, 1.54) is 6.92 Å². The van der Waals surface area contributed by atoms with E-state index in [0.29, 0.717) is 36.6 Å². The van der Waals surface area contributed by atoms with Crippen LogP contribution in [0.25, 0.3) is 0 Å². The number of rotatable bonds is 2. The summed E-state index contributed by atoms with van der Waals surface area (Å²) >= 11 is 0. The molecule has 0 aliphatic heterocycles. The maximum Gasteiger partial charge on any atom is 0.302 e. The van der Waals surface area contributed by atoms with Crippen molar-refractivity contribution in [3.63, 3.8) is 0 Å². The van der Waals surface area contributed by atoms with Crippen molar-refractivity contribution in [2.45, 2.75) is 52.4 Å². The first-order valence-corrected chi connectivity index (χ1v) is 9.48. The number of fused-ring (bicyclic) bond motifs is 5. The van der Waals surface area contributed by atoms with E-state index >= 15 is 0 Å². The molecule has 0 aromatic rings. The number of carbonyl (C=O) groups is 3. The molecule has 0 bridgehead atoms. The Kier molecular flexibility index (Phi) is 3.78. The summed E-state index contributed by atoms with van der Waals surface area (Å²) in [4.78, 5) is 35.9. The standard InChI is InChI=1S/C21H26O4/c1-13(22)25-12-21-10-7-15(23)11-14(21)3-4-16-17-5-6-19(24)20(17,2)9-8-18(16)21/h7,10-11,16-18H,3-6,8-9,12H2,1-2H3/t16-,17-,18-,20-,21+/m0/s1. The molecule has 4 aliphatic carbocycles. The maximum atomic E-state index is 12.5. The van der Waals surface area contributed by atoms with Gasteiger partial charge < -0.3 is 4.74 Å². The van der Waals surface area contributed by atoms with Crippen molar-refractivity contribution in [3.8, 4) is 0 Å². The lowest BCUT2D eigenvalue weighted by atomic mass is 9.48. The third kappa shape index (κ3) is 2.37. The first-order chi connectivity index (χ1) is 11.9. The van der Waals surface area contributed by atoms with Gasteiger partial charge in [0.15, 0.2) is 5.78 Å². The fraction of sp³-hybridized carbons (Fsp3) is 0.667. The van der Waals surface area contributed by atoms with Gasteiger partial charge in [-0.3, -0.25) is 14.4 Å². The van der Waals surface area contributed by atoms with Crippen molar-refractivity contribution in [2.24, 2.45) is 28.6 Å². The molecule has 0 spiro atoms. The van der Waals surface area contributed by atoms with E-state index in [2.05, 4.69) is 6.92 Å². The number of hydrogen-bond acceptors (Lipinski definition) is 4. The van der Waals surface area contributed by atoms with Crippen LogP contribution in [0.3, 0.4) is 0 Å². The molecule has 25 heavy (non-hydrogen) atoms. The smallest absolute Gasteiger partial charge is 0.302 e. The largest absolute Gasteiger partial charge is 0.465 e. The Morgan fingerprint density at radius 1 is 1.20 bits per heavy atom. The molecule has 3 saturated carbocycles. The van der Waals surface area contributed by atoms with Crippen LogP contribution in [-0.2, 0) is 19.1 Å². The van der Waals surface area contributed by atoms with E-state index in [1.54, 1.807) is 12.2 Å². The van der Waals surface area contributed by atoms with Gasteiger partial charge in [-0.15, -0.1) is 0 Å². The van der Waals surface area contributed by atoms with Crippen molar-refractivity contribution in [1.29, 1.82) is 0 Å². The van der Waals surface area contributed by atoms with Gasteiger partial charge in [-0.25, -0.2) is 0 Å². The minimum Gasteiger partial charge on any atom is -0.465 e. The van der Waals surface area contributed by atoms with Gasteiger partial charge >= 0.3 is 5.97 Å². The Balaban J connectivity index is 1.72. The van der Waals surface area contributed by atoms with Gasteiger partial charge in [0, 0.05) is 24.2 Å². The molecule has 4 aliphatic rings. The second kappa shape index (κ2) is 5.65. The number of Topliss-reactive ketones (excluding diaryl/α,β-unsaturated/α-hetero) is 1. The normalized spacial score (nSPS) is 42.3. The molecule has 0 saturated heterocycles. The molecule has 134 valence electrons. The zero-order valence-corrected chi connectivity index (χ0v) is 15.0. The summed E-state index contributed by atoms with van der Waals surface area (Å²) in [6.45, 7) is 3.91. The van der Waals surface area contributed by atoms with Gasteiger partial charge in [0.25, 0.3) is 0 Å². The Morgan fingerprint density at radius 3 is 2.76 bits per heavy atom. The average Bonchev–Trinajstić information content (AvgIpc) is 2.88. The van der Waals surface area contributed by atoms with Gasteiger partial charge in [-0.1, -0.05) is 18.6 Å².